The molecule has 1 aliphatic rings. The molecule has 0 heterocycles. The van der Waals surface area contributed by atoms with Crippen LogP contribution in [0.25, 0.3) is 0 Å². The average Bonchev–Trinajstić information content (AvgIpc) is 2.05. The minimum atomic E-state index is -0.813. The molecular weight excluding hydrogens is 158 g/mol. The van der Waals surface area contributed by atoms with Gasteiger partial charge in [0.05, 0.1) is 12.0 Å². The Balaban J connectivity index is 2.92. The van der Waals surface area contributed by atoms with Crippen molar-refractivity contribution in [2.45, 2.75) is 13.0 Å². The smallest absolute Gasteiger partial charge is 0.242 e. The number of aliphatic hydroxyl groups excluding tert-OH is 1. The molecule has 0 spiro atoms. The lowest BCUT2D eigenvalue weighted by Gasteiger charge is -2.26. The van der Waals surface area contributed by atoms with Gasteiger partial charge in [0.25, 0.3) is 0 Å². The van der Waals surface area contributed by atoms with Crippen molar-refractivity contribution >= 4 is 0 Å². The zero-order valence-electron chi connectivity index (χ0n) is 6.80. The van der Waals surface area contributed by atoms with Crippen molar-refractivity contribution in [3.05, 3.63) is 34.4 Å². The van der Waals surface area contributed by atoms with Crippen LogP contribution in [0.2, 0.25) is 0 Å². The maximum Gasteiger partial charge on any atom is 0.242 e. The number of nitrogens with zero attached hydrogens (tertiary/aromatic N) is 1. The number of hydrogen-bond donors (Lipinski definition) is 1. The highest BCUT2D eigenvalue weighted by atomic mass is 16.6. The van der Waals surface area contributed by atoms with Crippen LogP contribution in [-0.2, 0) is 0 Å². The van der Waals surface area contributed by atoms with Crippen molar-refractivity contribution in [1.82, 2.24) is 0 Å². The molecule has 0 fully saturated rings. The summed E-state index contributed by atoms with van der Waals surface area (Å²) in [5, 5.41) is 19.5. The van der Waals surface area contributed by atoms with Crippen molar-refractivity contribution in [2.24, 2.45) is 5.41 Å². The van der Waals surface area contributed by atoms with Gasteiger partial charge in [0.15, 0.2) is 0 Å². The monoisotopic (exact) mass is 169 g/mol. The molecule has 0 radical (unpaired) electrons. The van der Waals surface area contributed by atoms with Crippen molar-refractivity contribution in [2.75, 3.05) is 6.61 Å². The highest BCUT2D eigenvalue weighted by Crippen LogP contribution is 2.28. The summed E-state index contributed by atoms with van der Waals surface area (Å²) in [6.07, 6.45) is 6.51. The van der Waals surface area contributed by atoms with E-state index < -0.39 is 11.5 Å². The van der Waals surface area contributed by atoms with Crippen LogP contribution in [0.3, 0.4) is 0 Å². The SMILES string of the molecule is CC1(CO)C=CC=CC1[N+](=O)[O-]. The fraction of sp³-hybridized carbons (Fsp3) is 0.500. The third kappa shape index (κ3) is 1.38. The zero-order valence-corrected chi connectivity index (χ0v) is 6.80. The Morgan fingerprint density at radius 3 is 2.75 bits per heavy atom. The topological polar surface area (TPSA) is 63.4 Å². The first kappa shape index (κ1) is 8.93. The first-order valence-corrected chi connectivity index (χ1v) is 3.70. The van der Waals surface area contributed by atoms with E-state index in [9.17, 15) is 10.1 Å². The van der Waals surface area contributed by atoms with Crippen LogP contribution in [0, 0.1) is 15.5 Å². The molecule has 66 valence electrons. The minimum Gasteiger partial charge on any atom is -0.395 e. The van der Waals surface area contributed by atoms with Gasteiger partial charge in [-0.15, -0.1) is 0 Å². The van der Waals surface area contributed by atoms with Gasteiger partial charge in [0.1, 0.15) is 0 Å². The fourth-order valence-corrected chi connectivity index (χ4v) is 1.22. The molecule has 0 aromatic heterocycles. The van der Waals surface area contributed by atoms with E-state index in [2.05, 4.69) is 0 Å². The predicted octanol–water partition coefficient (Wildman–Crippen LogP) is 0.756. The maximum atomic E-state index is 10.5. The third-order valence-corrected chi connectivity index (χ3v) is 2.12. The van der Waals surface area contributed by atoms with Crippen LogP contribution >= 0.6 is 0 Å². The molecule has 1 N–H and O–H groups in total. The van der Waals surface area contributed by atoms with Crippen LogP contribution in [0.1, 0.15) is 6.92 Å². The first-order chi connectivity index (χ1) is 5.60. The Morgan fingerprint density at radius 1 is 1.67 bits per heavy atom. The Kier molecular flexibility index (Phi) is 2.28. The second kappa shape index (κ2) is 3.06. The van der Waals surface area contributed by atoms with Gasteiger partial charge >= 0.3 is 0 Å². The molecule has 2 unspecified atom stereocenters. The van der Waals surface area contributed by atoms with Gasteiger partial charge < -0.3 is 5.11 Å². The van der Waals surface area contributed by atoms with Gasteiger partial charge in [-0.25, -0.2) is 0 Å². The molecule has 0 saturated carbocycles. The summed E-state index contributed by atoms with van der Waals surface area (Å²) in [6, 6.07) is -0.813. The molecule has 0 aliphatic heterocycles. The number of nitro groups is 1. The average molecular weight is 169 g/mol. The van der Waals surface area contributed by atoms with Crippen molar-refractivity contribution in [3.63, 3.8) is 0 Å². The number of aliphatic hydroxyl groups is 1. The third-order valence-electron chi connectivity index (χ3n) is 2.12. The lowest BCUT2D eigenvalue weighted by atomic mass is 9.80. The minimum absolute atomic E-state index is 0.209. The Morgan fingerprint density at radius 2 is 2.33 bits per heavy atom. The zero-order chi connectivity index (χ0) is 9.19. The van der Waals surface area contributed by atoms with Crippen molar-refractivity contribution in [1.29, 1.82) is 0 Å². The van der Waals surface area contributed by atoms with Gasteiger partial charge in [-0.05, 0) is 13.0 Å². The van der Waals surface area contributed by atoms with E-state index in [4.69, 9.17) is 5.11 Å². The summed E-state index contributed by atoms with van der Waals surface area (Å²) in [6.45, 7) is 1.46. The Hall–Kier alpha value is -1.16. The first-order valence-electron chi connectivity index (χ1n) is 3.70. The van der Waals surface area contributed by atoms with E-state index in [0.29, 0.717) is 0 Å². The van der Waals surface area contributed by atoms with Crippen LogP contribution in [0.5, 0.6) is 0 Å². The lowest BCUT2D eigenvalue weighted by molar-refractivity contribution is -0.525. The molecule has 1 aliphatic carbocycles. The van der Waals surface area contributed by atoms with Crippen LogP contribution in [-0.4, -0.2) is 22.7 Å². The number of hydrogen-bond acceptors (Lipinski definition) is 3. The summed E-state index contributed by atoms with van der Waals surface area (Å²) in [7, 11) is 0. The van der Waals surface area contributed by atoms with Gasteiger partial charge in [0, 0.05) is 4.92 Å². The van der Waals surface area contributed by atoms with Gasteiger partial charge in [-0.3, -0.25) is 10.1 Å². The molecule has 0 amide bonds. The van der Waals surface area contributed by atoms with Crippen LogP contribution in [0.4, 0.5) is 0 Å². The normalized spacial score (nSPS) is 33.7. The molecule has 1 rings (SSSR count). The number of rotatable bonds is 2. The van der Waals surface area contributed by atoms with E-state index in [0.717, 1.165) is 0 Å². The summed E-state index contributed by atoms with van der Waals surface area (Å²) in [4.78, 5) is 10.2. The molecule has 12 heavy (non-hydrogen) atoms. The molecule has 0 aromatic rings. The van der Waals surface area contributed by atoms with E-state index in [1.54, 1.807) is 25.2 Å². The summed E-state index contributed by atoms with van der Waals surface area (Å²) < 4.78 is 0. The Bertz CT molecular complexity index is 247. The highest BCUT2D eigenvalue weighted by Gasteiger charge is 2.39. The van der Waals surface area contributed by atoms with E-state index in [-0.39, 0.29) is 11.5 Å². The summed E-state index contributed by atoms with van der Waals surface area (Å²) in [5.41, 5.74) is -0.752. The highest BCUT2D eigenvalue weighted by molar-refractivity contribution is 5.20. The Labute approximate surface area is 70.4 Å². The molecule has 4 heteroatoms. The largest absolute Gasteiger partial charge is 0.395 e. The van der Waals surface area contributed by atoms with Crippen molar-refractivity contribution in [3.8, 4) is 0 Å². The van der Waals surface area contributed by atoms with Gasteiger partial charge in [-0.1, -0.05) is 18.2 Å². The lowest BCUT2D eigenvalue weighted by Crippen LogP contribution is -2.39. The second-order valence-electron chi connectivity index (χ2n) is 3.14. The molecule has 4 nitrogen and oxygen atoms in total. The quantitative estimate of drug-likeness (QED) is 0.490. The van der Waals surface area contributed by atoms with Gasteiger partial charge in [0.2, 0.25) is 6.04 Å². The molecule has 2 atom stereocenters. The van der Waals surface area contributed by atoms with Crippen molar-refractivity contribution < 1.29 is 10.0 Å². The maximum absolute atomic E-state index is 10.5. The second-order valence-corrected chi connectivity index (χ2v) is 3.14. The summed E-state index contributed by atoms with van der Waals surface area (Å²) in [5.74, 6) is 0. The summed E-state index contributed by atoms with van der Waals surface area (Å²) >= 11 is 0. The molecule has 0 aromatic carbocycles. The van der Waals surface area contributed by atoms with Crippen LogP contribution in [0.15, 0.2) is 24.3 Å². The fourth-order valence-electron chi connectivity index (χ4n) is 1.22. The van der Waals surface area contributed by atoms with Gasteiger partial charge in [-0.2, -0.15) is 0 Å². The van der Waals surface area contributed by atoms with E-state index in [1.165, 1.54) is 6.08 Å². The standard InChI is InChI=1S/C8H11NO3/c1-8(6-10)5-3-2-4-7(8)9(11)12/h2-5,7,10H,6H2,1H3. The molecular formula is C8H11NO3. The number of allylic oxidation sites excluding steroid dienone is 2. The molecule has 0 bridgehead atoms. The van der Waals surface area contributed by atoms with Crippen LogP contribution < -0.4 is 0 Å². The predicted molar refractivity (Wildman–Crippen MR) is 44.3 cm³/mol. The van der Waals surface area contributed by atoms with E-state index >= 15 is 0 Å². The molecule has 0 saturated heterocycles. The van der Waals surface area contributed by atoms with E-state index in [1.807, 2.05) is 0 Å².